The molecule has 2 aromatic carbocycles. The lowest BCUT2D eigenvalue weighted by atomic mass is 10.1. The van der Waals surface area contributed by atoms with E-state index < -0.39 is 12.1 Å². The Kier molecular flexibility index (Phi) is 6.27. The number of amides is 4. The number of hydrogen-bond donors (Lipinski definition) is 3. The number of imide groups is 1. The molecule has 1 saturated heterocycles. The molecular formula is C23H22N6O5S. The normalized spacial score (nSPS) is 16.5. The molecule has 2 aliphatic heterocycles. The average Bonchev–Trinajstić information content (AvgIpc) is 3.43. The maximum atomic E-state index is 12.6. The first-order valence-electron chi connectivity index (χ1n) is 10.9. The van der Waals surface area contributed by atoms with E-state index in [1.54, 1.807) is 18.2 Å². The largest absolute Gasteiger partial charge is 0.454 e. The van der Waals surface area contributed by atoms with Crippen LogP contribution in [0.4, 0.5) is 10.5 Å². The lowest BCUT2D eigenvalue weighted by molar-refractivity contribution is -0.121. The van der Waals surface area contributed by atoms with Crippen molar-refractivity contribution in [2.24, 2.45) is 0 Å². The van der Waals surface area contributed by atoms with Crippen molar-refractivity contribution >= 4 is 35.3 Å². The molecule has 0 radical (unpaired) electrons. The Hall–Kier alpha value is -4.06. The lowest BCUT2D eigenvalue weighted by Crippen LogP contribution is -2.53. The van der Waals surface area contributed by atoms with Crippen LogP contribution < -0.4 is 25.4 Å². The number of nitrogens with zero attached hydrogens (tertiary/aromatic N) is 3. The molecule has 4 amide bonds. The molecule has 1 atom stereocenters. The van der Waals surface area contributed by atoms with Gasteiger partial charge in [0, 0.05) is 36.3 Å². The van der Waals surface area contributed by atoms with Crippen LogP contribution in [0.2, 0.25) is 0 Å². The molecule has 0 bridgehead atoms. The minimum absolute atomic E-state index is 0.0982. The van der Waals surface area contributed by atoms with Crippen molar-refractivity contribution in [2.45, 2.75) is 31.0 Å². The van der Waals surface area contributed by atoms with E-state index in [0.717, 1.165) is 11.3 Å². The number of carbonyl (C=O) groups is 3. The number of urea groups is 1. The van der Waals surface area contributed by atoms with Gasteiger partial charge in [0.1, 0.15) is 5.82 Å². The van der Waals surface area contributed by atoms with E-state index >= 15 is 0 Å². The fourth-order valence-electron chi connectivity index (χ4n) is 3.87. The summed E-state index contributed by atoms with van der Waals surface area (Å²) < 4.78 is 12.5. The minimum Gasteiger partial charge on any atom is -0.454 e. The molecule has 1 fully saturated rings. The molecule has 5 rings (SSSR count). The summed E-state index contributed by atoms with van der Waals surface area (Å²) in [5, 5.41) is 17.0. The van der Waals surface area contributed by atoms with Gasteiger partial charge < -0.3 is 20.1 Å². The molecule has 35 heavy (non-hydrogen) atoms. The van der Waals surface area contributed by atoms with E-state index in [1.165, 1.54) is 11.8 Å². The molecular weight excluding hydrogens is 472 g/mol. The third-order valence-corrected chi connectivity index (χ3v) is 6.33. The Morgan fingerprint density at radius 1 is 1.17 bits per heavy atom. The first-order valence-corrected chi connectivity index (χ1v) is 11.9. The van der Waals surface area contributed by atoms with E-state index in [1.807, 2.05) is 35.8 Å². The highest BCUT2D eigenvalue weighted by Crippen LogP contribution is 2.34. The summed E-state index contributed by atoms with van der Waals surface area (Å²) in [6, 6.07) is 12.1. The highest BCUT2D eigenvalue weighted by atomic mass is 32.2. The molecule has 0 saturated carbocycles. The van der Waals surface area contributed by atoms with Crippen LogP contribution in [0.1, 0.15) is 17.8 Å². The van der Waals surface area contributed by atoms with Crippen LogP contribution in [0.15, 0.2) is 47.6 Å². The Labute approximate surface area is 204 Å². The fourth-order valence-corrected chi connectivity index (χ4v) is 4.64. The second-order valence-corrected chi connectivity index (χ2v) is 9.05. The SMILES string of the molecule is Cc1cccc(-n2c(CC3CC(=O)NC(=O)N3)nnc2SCC(=O)Nc2ccc3c(c2)OCO3)c1. The van der Waals surface area contributed by atoms with Gasteiger partial charge in [-0.1, -0.05) is 23.9 Å². The van der Waals surface area contributed by atoms with Crippen molar-refractivity contribution in [3.05, 3.63) is 53.9 Å². The smallest absolute Gasteiger partial charge is 0.321 e. The number of hydrogen-bond acceptors (Lipinski definition) is 8. The van der Waals surface area contributed by atoms with Gasteiger partial charge in [-0.15, -0.1) is 10.2 Å². The van der Waals surface area contributed by atoms with Gasteiger partial charge in [0.05, 0.1) is 5.75 Å². The summed E-state index contributed by atoms with van der Waals surface area (Å²) in [6.07, 6.45) is 0.455. The molecule has 3 aromatic rings. The summed E-state index contributed by atoms with van der Waals surface area (Å²) in [7, 11) is 0. The van der Waals surface area contributed by atoms with Crippen LogP contribution in [0.5, 0.6) is 11.5 Å². The zero-order chi connectivity index (χ0) is 24.4. The van der Waals surface area contributed by atoms with Gasteiger partial charge in [-0.2, -0.15) is 0 Å². The van der Waals surface area contributed by atoms with Gasteiger partial charge in [0.25, 0.3) is 0 Å². The number of carbonyl (C=O) groups excluding carboxylic acids is 3. The fraction of sp³-hybridized carbons (Fsp3) is 0.261. The molecule has 0 spiro atoms. The zero-order valence-electron chi connectivity index (χ0n) is 18.7. The number of thioether (sulfide) groups is 1. The van der Waals surface area contributed by atoms with Gasteiger partial charge in [-0.3, -0.25) is 19.5 Å². The molecule has 1 aromatic heterocycles. The van der Waals surface area contributed by atoms with Crippen LogP contribution in [0.3, 0.4) is 0 Å². The highest BCUT2D eigenvalue weighted by Gasteiger charge is 2.27. The predicted octanol–water partition coefficient (Wildman–Crippen LogP) is 2.18. The highest BCUT2D eigenvalue weighted by molar-refractivity contribution is 7.99. The molecule has 3 N–H and O–H groups in total. The Morgan fingerprint density at radius 3 is 2.86 bits per heavy atom. The Balaban J connectivity index is 1.33. The van der Waals surface area contributed by atoms with E-state index in [4.69, 9.17) is 9.47 Å². The third kappa shape index (κ3) is 5.22. The second-order valence-electron chi connectivity index (χ2n) is 8.10. The van der Waals surface area contributed by atoms with Gasteiger partial charge in [-0.25, -0.2) is 4.79 Å². The Morgan fingerprint density at radius 2 is 2.03 bits per heavy atom. The van der Waals surface area contributed by atoms with Crippen molar-refractivity contribution in [3.63, 3.8) is 0 Å². The number of benzene rings is 2. The molecule has 180 valence electrons. The number of fused-ring (bicyclic) bond motifs is 1. The van der Waals surface area contributed by atoms with E-state index in [2.05, 4.69) is 26.1 Å². The van der Waals surface area contributed by atoms with Crippen molar-refractivity contribution in [1.29, 1.82) is 0 Å². The molecule has 12 heteroatoms. The van der Waals surface area contributed by atoms with Gasteiger partial charge in [0.15, 0.2) is 16.7 Å². The summed E-state index contributed by atoms with van der Waals surface area (Å²) in [5.41, 5.74) is 2.48. The molecule has 1 unspecified atom stereocenters. The third-order valence-electron chi connectivity index (χ3n) is 5.40. The summed E-state index contributed by atoms with van der Waals surface area (Å²) in [4.78, 5) is 36.1. The van der Waals surface area contributed by atoms with Gasteiger partial charge in [0.2, 0.25) is 18.6 Å². The van der Waals surface area contributed by atoms with Gasteiger partial charge in [-0.05, 0) is 36.8 Å². The molecule has 11 nitrogen and oxygen atoms in total. The maximum absolute atomic E-state index is 12.6. The van der Waals surface area contributed by atoms with Gasteiger partial charge >= 0.3 is 6.03 Å². The number of ether oxygens (including phenoxy) is 2. The topological polar surface area (TPSA) is 136 Å². The van der Waals surface area contributed by atoms with Crippen molar-refractivity contribution in [2.75, 3.05) is 17.9 Å². The first kappa shape index (κ1) is 22.7. The first-order chi connectivity index (χ1) is 16.9. The number of rotatable bonds is 7. The molecule has 3 heterocycles. The summed E-state index contributed by atoms with van der Waals surface area (Å²) >= 11 is 1.24. The van der Waals surface area contributed by atoms with Crippen LogP contribution in [0.25, 0.3) is 5.69 Å². The number of aromatic nitrogens is 3. The Bertz CT molecular complexity index is 1290. The van der Waals surface area contributed by atoms with Crippen LogP contribution in [-0.2, 0) is 16.0 Å². The van der Waals surface area contributed by atoms with Crippen molar-refractivity contribution < 1.29 is 23.9 Å². The average molecular weight is 495 g/mol. The number of aryl methyl sites for hydroxylation is 1. The van der Waals surface area contributed by atoms with E-state index in [0.29, 0.717) is 34.6 Å². The van der Waals surface area contributed by atoms with E-state index in [9.17, 15) is 14.4 Å². The van der Waals surface area contributed by atoms with Crippen LogP contribution in [0, 0.1) is 6.92 Å². The van der Waals surface area contributed by atoms with Crippen LogP contribution in [-0.4, -0.2) is 51.2 Å². The molecule has 0 aliphatic carbocycles. The predicted molar refractivity (Wildman–Crippen MR) is 127 cm³/mol. The number of anilines is 1. The maximum Gasteiger partial charge on any atom is 0.321 e. The van der Waals surface area contributed by atoms with Crippen LogP contribution >= 0.6 is 11.8 Å². The molecule has 2 aliphatic rings. The standard InChI is InChI=1S/C23H22N6O5S/c1-13-3-2-4-16(7-13)29-19(9-15-10-20(30)26-22(32)25-15)27-28-23(29)35-11-21(31)24-14-5-6-17-18(8-14)34-12-33-17/h2-8,15H,9-12H2,1H3,(H,24,31)(H2,25,26,30,32). The minimum atomic E-state index is -0.525. The lowest BCUT2D eigenvalue weighted by Gasteiger charge is -2.23. The monoisotopic (exact) mass is 494 g/mol. The van der Waals surface area contributed by atoms with Crippen molar-refractivity contribution in [3.8, 4) is 17.2 Å². The van der Waals surface area contributed by atoms with E-state index in [-0.39, 0.29) is 30.8 Å². The van der Waals surface area contributed by atoms with Crippen molar-refractivity contribution in [1.82, 2.24) is 25.4 Å². The number of nitrogens with one attached hydrogen (secondary N) is 3. The second kappa shape index (κ2) is 9.66. The zero-order valence-corrected chi connectivity index (χ0v) is 19.6. The summed E-state index contributed by atoms with van der Waals surface area (Å²) in [5.74, 6) is 1.35. The quantitative estimate of drug-likeness (QED) is 0.425. The summed E-state index contributed by atoms with van der Waals surface area (Å²) in [6.45, 7) is 2.14.